The Labute approximate surface area is 83.3 Å². The lowest BCUT2D eigenvalue weighted by Gasteiger charge is -2.06. The van der Waals surface area contributed by atoms with Crippen LogP contribution in [0.4, 0.5) is 5.69 Å². The maximum absolute atomic E-state index is 11.7. The van der Waals surface area contributed by atoms with Gasteiger partial charge in [-0.2, -0.15) is 0 Å². The largest absolute Gasteiger partial charge is 0.398 e. The number of nitrogen functional groups attached to an aromatic ring is 1. The van der Waals surface area contributed by atoms with Crippen LogP contribution in [0.1, 0.15) is 28.8 Å². The Hall–Kier alpha value is -1.51. The molecule has 1 aliphatic rings. The van der Waals surface area contributed by atoms with Gasteiger partial charge in [0.2, 0.25) is 0 Å². The van der Waals surface area contributed by atoms with E-state index in [4.69, 9.17) is 5.73 Å². The highest BCUT2D eigenvalue weighted by atomic mass is 16.1. The molecule has 3 heteroatoms. The second-order valence-electron chi connectivity index (χ2n) is 3.84. The van der Waals surface area contributed by atoms with Crippen molar-refractivity contribution in [3.8, 4) is 0 Å². The van der Waals surface area contributed by atoms with Gasteiger partial charge in [0, 0.05) is 11.7 Å². The van der Waals surface area contributed by atoms with E-state index in [1.807, 2.05) is 19.1 Å². The number of anilines is 1. The van der Waals surface area contributed by atoms with Crippen molar-refractivity contribution in [2.24, 2.45) is 0 Å². The zero-order chi connectivity index (χ0) is 10.1. The van der Waals surface area contributed by atoms with E-state index in [1.165, 1.54) is 0 Å². The van der Waals surface area contributed by atoms with Gasteiger partial charge in [-0.1, -0.05) is 11.6 Å². The fourth-order valence-corrected chi connectivity index (χ4v) is 1.36. The van der Waals surface area contributed by atoms with Crippen LogP contribution in [0.2, 0.25) is 0 Å². The normalized spacial score (nSPS) is 15.2. The summed E-state index contributed by atoms with van der Waals surface area (Å²) in [5.41, 5.74) is 7.93. The van der Waals surface area contributed by atoms with E-state index in [1.54, 1.807) is 6.07 Å². The summed E-state index contributed by atoms with van der Waals surface area (Å²) in [7, 11) is 0. The molecule has 1 amide bonds. The number of hydrogen-bond acceptors (Lipinski definition) is 2. The minimum Gasteiger partial charge on any atom is -0.398 e. The molecule has 2 rings (SSSR count). The van der Waals surface area contributed by atoms with E-state index >= 15 is 0 Å². The van der Waals surface area contributed by atoms with Crippen molar-refractivity contribution in [3.05, 3.63) is 29.3 Å². The van der Waals surface area contributed by atoms with Crippen molar-refractivity contribution in [1.82, 2.24) is 5.32 Å². The molecule has 0 spiro atoms. The average molecular weight is 190 g/mol. The standard InChI is InChI=1S/C11H14N2O/c1-7-2-5-10(12)9(6-7)11(14)13-8-3-4-8/h2,5-6,8H,3-4,12H2,1H3,(H,13,14). The van der Waals surface area contributed by atoms with Crippen molar-refractivity contribution in [1.29, 1.82) is 0 Å². The molecule has 0 saturated heterocycles. The average Bonchev–Trinajstić information content (AvgIpc) is 2.93. The molecule has 1 aromatic rings. The van der Waals surface area contributed by atoms with Gasteiger partial charge in [0.25, 0.3) is 5.91 Å². The fourth-order valence-electron chi connectivity index (χ4n) is 1.36. The third-order valence-corrected chi connectivity index (χ3v) is 2.37. The molecular weight excluding hydrogens is 176 g/mol. The Balaban J connectivity index is 2.20. The minimum absolute atomic E-state index is 0.0475. The number of benzene rings is 1. The van der Waals surface area contributed by atoms with Crippen LogP contribution >= 0.6 is 0 Å². The third kappa shape index (κ3) is 1.87. The van der Waals surface area contributed by atoms with Gasteiger partial charge in [-0.05, 0) is 31.9 Å². The SMILES string of the molecule is Cc1ccc(N)c(C(=O)NC2CC2)c1. The van der Waals surface area contributed by atoms with E-state index in [0.29, 0.717) is 17.3 Å². The highest BCUT2D eigenvalue weighted by molar-refractivity contribution is 5.99. The van der Waals surface area contributed by atoms with Gasteiger partial charge < -0.3 is 11.1 Å². The van der Waals surface area contributed by atoms with Crippen LogP contribution < -0.4 is 11.1 Å². The van der Waals surface area contributed by atoms with Crippen LogP contribution in [0.15, 0.2) is 18.2 Å². The third-order valence-electron chi connectivity index (χ3n) is 2.37. The number of rotatable bonds is 2. The van der Waals surface area contributed by atoms with Crippen molar-refractivity contribution >= 4 is 11.6 Å². The second-order valence-corrected chi connectivity index (χ2v) is 3.84. The summed E-state index contributed by atoms with van der Waals surface area (Å²) in [5, 5.41) is 2.92. The fraction of sp³-hybridized carbons (Fsp3) is 0.364. The predicted molar refractivity (Wildman–Crippen MR) is 56.1 cm³/mol. The summed E-state index contributed by atoms with van der Waals surface area (Å²) < 4.78 is 0. The molecule has 0 aliphatic heterocycles. The molecule has 3 nitrogen and oxygen atoms in total. The van der Waals surface area contributed by atoms with E-state index < -0.39 is 0 Å². The first-order valence-corrected chi connectivity index (χ1v) is 4.84. The van der Waals surface area contributed by atoms with Crippen LogP contribution in [0.25, 0.3) is 0 Å². The van der Waals surface area contributed by atoms with Crippen molar-refractivity contribution < 1.29 is 4.79 Å². The number of nitrogens with two attached hydrogens (primary N) is 1. The van der Waals surface area contributed by atoms with Crippen LogP contribution in [-0.2, 0) is 0 Å². The number of aryl methyl sites for hydroxylation is 1. The van der Waals surface area contributed by atoms with Gasteiger partial charge in [-0.15, -0.1) is 0 Å². The molecule has 0 atom stereocenters. The molecule has 1 aromatic carbocycles. The molecule has 0 bridgehead atoms. The van der Waals surface area contributed by atoms with Gasteiger partial charge >= 0.3 is 0 Å². The summed E-state index contributed by atoms with van der Waals surface area (Å²) >= 11 is 0. The summed E-state index contributed by atoms with van der Waals surface area (Å²) in [5.74, 6) is -0.0475. The van der Waals surface area contributed by atoms with Gasteiger partial charge in [-0.3, -0.25) is 4.79 Å². The molecule has 1 aliphatic carbocycles. The molecule has 0 unspecified atom stereocenters. The Morgan fingerprint density at radius 2 is 2.21 bits per heavy atom. The van der Waals surface area contributed by atoms with E-state index in [0.717, 1.165) is 18.4 Å². The monoisotopic (exact) mass is 190 g/mol. The smallest absolute Gasteiger partial charge is 0.253 e. The first-order chi connectivity index (χ1) is 6.66. The summed E-state index contributed by atoms with van der Waals surface area (Å²) in [6, 6.07) is 5.88. The molecule has 1 saturated carbocycles. The Morgan fingerprint density at radius 3 is 2.86 bits per heavy atom. The zero-order valence-corrected chi connectivity index (χ0v) is 8.21. The summed E-state index contributed by atoms with van der Waals surface area (Å²) in [6.45, 7) is 1.95. The lowest BCUT2D eigenvalue weighted by atomic mass is 10.1. The number of nitrogens with one attached hydrogen (secondary N) is 1. The number of carbonyl (C=O) groups is 1. The van der Waals surface area contributed by atoms with Gasteiger partial charge in [0.05, 0.1) is 5.56 Å². The molecule has 0 aromatic heterocycles. The Morgan fingerprint density at radius 1 is 1.50 bits per heavy atom. The maximum Gasteiger partial charge on any atom is 0.253 e. The van der Waals surface area contributed by atoms with Gasteiger partial charge in [0.15, 0.2) is 0 Å². The number of amides is 1. The first-order valence-electron chi connectivity index (χ1n) is 4.84. The molecule has 0 radical (unpaired) electrons. The van der Waals surface area contributed by atoms with Crippen molar-refractivity contribution in [2.45, 2.75) is 25.8 Å². The van der Waals surface area contributed by atoms with Crippen LogP contribution in [0.5, 0.6) is 0 Å². The first kappa shape index (κ1) is 9.06. The van der Waals surface area contributed by atoms with Crippen molar-refractivity contribution in [2.75, 3.05) is 5.73 Å². The van der Waals surface area contributed by atoms with Crippen LogP contribution in [-0.4, -0.2) is 11.9 Å². The zero-order valence-electron chi connectivity index (χ0n) is 8.21. The summed E-state index contributed by atoms with van der Waals surface area (Å²) in [6.07, 6.45) is 2.19. The minimum atomic E-state index is -0.0475. The molecule has 14 heavy (non-hydrogen) atoms. The maximum atomic E-state index is 11.7. The lowest BCUT2D eigenvalue weighted by Crippen LogP contribution is -2.26. The predicted octanol–water partition coefficient (Wildman–Crippen LogP) is 1.47. The summed E-state index contributed by atoms with van der Waals surface area (Å²) in [4.78, 5) is 11.7. The lowest BCUT2D eigenvalue weighted by molar-refractivity contribution is 0.0952. The number of hydrogen-bond donors (Lipinski definition) is 2. The van der Waals surface area contributed by atoms with Crippen LogP contribution in [0, 0.1) is 6.92 Å². The van der Waals surface area contributed by atoms with E-state index in [-0.39, 0.29) is 5.91 Å². The van der Waals surface area contributed by atoms with Crippen molar-refractivity contribution in [3.63, 3.8) is 0 Å². The topological polar surface area (TPSA) is 55.1 Å². The van der Waals surface area contributed by atoms with Gasteiger partial charge in [0.1, 0.15) is 0 Å². The highest BCUT2D eigenvalue weighted by Crippen LogP contribution is 2.21. The highest BCUT2D eigenvalue weighted by Gasteiger charge is 2.24. The molecule has 0 heterocycles. The molecule has 74 valence electrons. The van der Waals surface area contributed by atoms with E-state index in [9.17, 15) is 4.79 Å². The number of carbonyl (C=O) groups excluding carboxylic acids is 1. The van der Waals surface area contributed by atoms with Gasteiger partial charge in [-0.25, -0.2) is 0 Å². The second kappa shape index (κ2) is 3.33. The van der Waals surface area contributed by atoms with Crippen LogP contribution in [0.3, 0.4) is 0 Å². The molecular formula is C11H14N2O. The molecule has 3 N–H and O–H groups in total. The Kier molecular flexibility index (Phi) is 2.15. The molecule has 1 fully saturated rings. The Bertz CT molecular complexity index is 370. The quantitative estimate of drug-likeness (QED) is 0.694. The van der Waals surface area contributed by atoms with E-state index in [2.05, 4.69) is 5.32 Å².